The highest BCUT2D eigenvalue weighted by molar-refractivity contribution is 7.00. The van der Waals surface area contributed by atoms with Gasteiger partial charge in [0.15, 0.2) is 5.58 Å². The van der Waals surface area contributed by atoms with Crippen LogP contribution in [0.5, 0.6) is 0 Å². The Kier molecular flexibility index (Phi) is 12.9. The highest BCUT2D eigenvalue weighted by Gasteiger charge is 2.50. The molecule has 458 valence electrons. The molecule has 1 aromatic heterocycles. The minimum atomic E-state index is -0.155. The molecule has 0 N–H and O–H groups in total. The Balaban J connectivity index is 1.18. The predicted molar refractivity (Wildman–Crippen MR) is 384 cm³/mol. The zero-order valence-electron chi connectivity index (χ0n) is 57.8. The Labute approximate surface area is 534 Å². The van der Waals surface area contributed by atoms with E-state index in [0.29, 0.717) is 0 Å². The minimum absolute atomic E-state index is 0.00697. The molecule has 14 rings (SSSR count). The van der Waals surface area contributed by atoms with Gasteiger partial charge in [-0.15, -0.1) is 0 Å². The van der Waals surface area contributed by atoms with E-state index in [4.69, 9.17) is 4.42 Å². The average molecular weight is 1180 g/mol. The number of para-hydroxylation sites is 1. The summed E-state index contributed by atoms with van der Waals surface area (Å²) in [5, 5.41) is 2.35. The van der Waals surface area contributed by atoms with Crippen LogP contribution < -0.4 is 31.1 Å². The van der Waals surface area contributed by atoms with Crippen molar-refractivity contribution in [1.29, 1.82) is 0 Å². The maximum Gasteiger partial charge on any atom is 0.252 e. The molecular formula is C84H98BN3O. The van der Waals surface area contributed by atoms with Crippen molar-refractivity contribution in [2.75, 3.05) is 14.7 Å². The lowest BCUT2D eigenvalue weighted by molar-refractivity contribution is 0.332. The molecule has 0 atom stereocenters. The van der Waals surface area contributed by atoms with Crippen LogP contribution in [0.25, 0.3) is 21.9 Å². The molecule has 8 aromatic carbocycles. The molecule has 3 aliphatic carbocycles. The second kappa shape index (κ2) is 19.3. The third-order valence-electron chi connectivity index (χ3n) is 22.9. The summed E-state index contributed by atoms with van der Waals surface area (Å²) in [5.74, 6) is 0. The Hall–Kier alpha value is -6.98. The van der Waals surface area contributed by atoms with E-state index in [0.717, 1.165) is 71.4 Å². The molecule has 0 fully saturated rings. The maximum atomic E-state index is 7.46. The summed E-state index contributed by atoms with van der Waals surface area (Å²) in [5.41, 5.74) is 29.0. The molecule has 0 saturated carbocycles. The van der Waals surface area contributed by atoms with Gasteiger partial charge in [0.1, 0.15) is 5.58 Å². The number of benzene rings is 8. The SMILES string of the molecule is CC(C)(C)c1ccc(N(c2ccc(C(C)(C)C)cc2)c2cc3c4c(c2)N(c2ccc(C(C)(C)C)c5c2oc2ccccc25)c2cc5c(cc2B4c2cc4c(cc2N3c2ccc3c(c2)C(C)(C)CCC3(C)C)C(C)(C)CCC4(C)C)C(C)(C)CCC5(C)C)cc1. The van der Waals surface area contributed by atoms with Crippen LogP contribution in [0.1, 0.15) is 234 Å². The zero-order chi connectivity index (χ0) is 63.5. The highest BCUT2D eigenvalue weighted by atomic mass is 16.3. The van der Waals surface area contributed by atoms with Gasteiger partial charge in [-0.2, -0.15) is 0 Å². The normalized spacial score (nSPS) is 19.0. The topological polar surface area (TPSA) is 22.9 Å². The molecule has 9 aromatic rings. The van der Waals surface area contributed by atoms with Crippen molar-refractivity contribution >= 4 is 96.2 Å². The average Bonchev–Trinajstić information content (AvgIpc) is 0.947. The molecule has 5 heteroatoms. The molecule has 0 unspecified atom stereocenters. The molecule has 0 amide bonds. The van der Waals surface area contributed by atoms with Crippen molar-refractivity contribution in [3.8, 4) is 0 Å². The van der Waals surface area contributed by atoms with E-state index in [2.05, 4.69) is 300 Å². The summed E-state index contributed by atoms with van der Waals surface area (Å²) in [7, 11) is 0. The molecular weight excluding hydrogens is 1080 g/mol. The van der Waals surface area contributed by atoms with Gasteiger partial charge in [0, 0.05) is 50.6 Å². The van der Waals surface area contributed by atoms with Gasteiger partial charge in [-0.3, -0.25) is 0 Å². The van der Waals surface area contributed by atoms with Gasteiger partial charge < -0.3 is 19.1 Å². The second-order valence-electron chi connectivity index (χ2n) is 35.1. The molecule has 0 spiro atoms. The first-order chi connectivity index (χ1) is 41.5. The first-order valence-corrected chi connectivity index (χ1v) is 33.7. The number of fused-ring (bicyclic) bond motifs is 10. The van der Waals surface area contributed by atoms with E-state index in [-0.39, 0.29) is 55.4 Å². The number of furan rings is 1. The highest BCUT2D eigenvalue weighted by Crippen LogP contribution is 2.57. The van der Waals surface area contributed by atoms with Gasteiger partial charge >= 0.3 is 0 Å². The number of hydrogen-bond donors (Lipinski definition) is 0. The summed E-state index contributed by atoms with van der Waals surface area (Å²) in [6.45, 7) is 50.9. The van der Waals surface area contributed by atoms with Crippen LogP contribution in [0, 0.1) is 0 Å². The van der Waals surface area contributed by atoms with Crippen LogP contribution in [-0.2, 0) is 48.7 Å². The standard InChI is InChI=1S/C84H98BN3O/c1-76(2,3)51-26-30-53(31-27-51)86(54-32-28-52(29-33-54)77(4,5)6)56-45-70-74-71(46-56)88(67-37-36-59(78(7,8)9)73-57-24-22-23-25-72(57)89-75(67)73)69-50-64-62(82(16,17)41-43-84(64,20)21)48-66(69)85(74)65-47-61-63(83(18,19)42-40-81(61,14)15)49-68(65)87(70)55-34-35-58-60(44-55)80(12,13)39-38-79(58,10)11/h22-37,44-50H,38-43H2,1-21H3. The van der Waals surface area contributed by atoms with E-state index < -0.39 is 0 Å². The van der Waals surface area contributed by atoms with E-state index in [1.165, 1.54) is 107 Å². The van der Waals surface area contributed by atoms with E-state index >= 15 is 0 Å². The summed E-state index contributed by atoms with van der Waals surface area (Å²) in [4.78, 5) is 8.00. The molecule has 2 aliphatic heterocycles. The van der Waals surface area contributed by atoms with E-state index in [9.17, 15) is 0 Å². The first kappa shape index (κ1) is 59.6. The minimum Gasteiger partial charge on any atom is -0.454 e. The number of anilines is 9. The largest absolute Gasteiger partial charge is 0.454 e. The Morgan fingerprint density at radius 2 is 0.809 bits per heavy atom. The lowest BCUT2D eigenvalue weighted by atomic mass is 9.32. The predicted octanol–water partition coefficient (Wildman–Crippen LogP) is 22.1. The van der Waals surface area contributed by atoms with Gasteiger partial charge in [0.25, 0.3) is 6.71 Å². The summed E-state index contributed by atoms with van der Waals surface area (Å²) >= 11 is 0. The zero-order valence-corrected chi connectivity index (χ0v) is 57.8. The van der Waals surface area contributed by atoms with E-state index in [1.54, 1.807) is 0 Å². The van der Waals surface area contributed by atoms with Crippen molar-refractivity contribution in [3.63, 3.8) is 0 Å². The third-order valence-corrected chi connectivity index (χ3v) is 22.9. The van der Waals surface area contributed by atoms with E-state index in [1.807, 2.05) is 0 Å². The van der Waals surface area contributed by atoms with Gasteiger partial charge in [-0.1, -0.05) is 212 Å². The lowest BCUT2D eigenvalue weighted by Gasteiger charge is -2.49. The number of rotatable bonds is 5. The molecule has 89 heavy (non-hydrogen) atoms. The molecule has 0 radical (unpaired) electrons. The number of hydrogen-bond acceptors (Lipinski definition) is 4. The van der Waals surface area contributed by atoms with Gasteiger partial charge in [0.05, 0.1) is 11.4 Å². The Bertz CT molecular complexity index is 4330. The van der Waals surface area contributed by atoms with Crippen LogP contribution in [0.4, 0.5) is 51.2 Å². The third kappa shape index (κ3) is 9.32. The molecule has 5 aliphatic rings. The smallest absolute Gasteiger partial charge is 0.252 e. The fourth-order valence-corrected chi connectivity index (χ4v) is 16.8. The van der Waals surface area contributed by atoms with Crippen molar-refractivity contribution in [3.05, 3.63) is 190 Å². The lowest BCUT2D eigenvalue weighted by Crippen LogP contribution is -2.62. The van der Waals surface area contributed by atoms with Crippen molar-refractivity contribution in [2.45, 2.75) is 233 Å². The van der Waals surface area contributed by atoms with Crippen LogP contribution in [0.15, 0.2) is 144 Å². The van der Waals surface area contributed by atoms with Crippen LogP contribution in [0.2, 0.25) is 0 Å². The first-order valence-electron chi connectivity index (χ1n) is 33.7. The maximum absolute atomic E-state index is 7.46. The Morgan fingerprint density at radius 3 is 1.28 bits per heavy atom. The van der Waals surface area contributed by atoms with Crippen LogP contribution in [0.3, 0.4) is 0 Å². The molecule has 3 heterocycles. The fraction of sp³-hybridized carbons (Fsp3) is 0.429. The van der Waals surface area contributed by atoms with Crippen LogP contribution >= 0.6 is 0 Å². The summed E-state index contributed by atoms with van der Waals surface area (Å²) in [6, 6.07) is 56.2. The Morgan fingerprint density at radius 1 is 0.382 bits per heavy atom. The van der Waals surface area contributed by atoms with Gasteiger partial charge in [0.2, 0.25) is 0 Å². The van der Waals surface area contributed by atoms with Crippen molar-refractivity contribution < 1.29 is 4.42 Å². The molecule has 0 saturated heterocycles. The quantitative estimate of drug-likeness (QED) is 0.160. The second-order valence-corrected chi connectivity index (χ2v) is 35.1. The summed E-state index contributed by atoms with van der Waals surface area (Å²) in [6.07, 6.45) is 6.84. The van der Waals surface area contributed by atoms with Gasteiger partial charge in [-0.25, -0.2) is 0 Å². The number of nitrogens with zero attached hydrogens (tertiary/aromatic N) is 3. The van der Waals surface area contributed by atoms with Crippen LogP contribution in [-0.4, -0.2) is 6.71 Å². The fourth-order valence-electron chi connectivity index (χ4n) is 16.8. The summed E-state index contributed by atoms with van der Waals surface area (Å²) < 4.78 is 7.46. The van der Waals surface area contributed by atoms with Crippen molar-refractivity contribution in [2.24, 2.45) is 0 Å². The molecule has 4 nitrogen and oxygen atoms in total. The van der Waals surface area contributed by atoms with Gasteiger partial charge in [-0.05, 0) is 227 Å². The van der Waals surface area contributed by atoms with Crippen molar-refractivity contribution in [1.82, 2.24) is 0 Å². The molecule has 0 bridgehead atoms. The monoisotopic (exact) mass is 1180 g/mol.